The van der Waals surface area contributed by atoms with Gasteiger partial charge in [0.15, 0.2) is 0 Å². The van der Waals surface area contributed by atoms with Gasteiger partial charge in [0.25, 0.3) is 0 Å². The molecule has 82 valence electrons. The summed E-state index contributed by atoms with van der Waals surface area (Å²) in [4.78, 5) is 0. The van der Waals surface area contributed by atoms with E-state index in [0.717, 1.165) is 13.0 Å². The molecule has 2 rings (SSSR count). The number of nitrogens with one attached hydrogen (secondary N) is 1. The van der Waals surface area contributed by atoms with Crippen molar-refractivity contribution in [1.29, 1.82) is 0 Å². The first kappa shape index (κ1) is 10.6. The first-order valence-corrected chi connectivity index (χ1v) is 5.55. The lowest BCUT2D eigenvalue weighted by molar-refractivity contribution is 0.475. The molecule has 1 aromatic rings. The highest BCUT2D eigenvalue weighted by atomic mass is 19.1. The number of hydrogen-bond donors (Lipinski definition) is 1. The molecule has 1 aliphatic rings. The maximum absolute atomic E-state index is 13.1. The number of halogens is 1. The van der Waals surface area contributed by atoms with E-state index < -0.39 is 0 Å². The lowest BCUT2D eigenvalue weighted by Gasteiger charge is -2.16. The van der Waals surface area contributed by atoms with E-state index in [1.165, 1.54) is 30.0 Å². The van der Waals surface area contributed by atoms with Crippen LogP contribution in [0.3, 0.4) is 0 Å². The fourth-order valence-electron chi connectivity index (χ4n) is 2.20. The van der Waals surface area contributed by atoms with Crippen molar-refractivity contribution >= 4 is 0 Å². The van der Waals surface area contributed by atoms with Gasteiger partial charge >= 0.3 is 0 Å². The van der Waals surface area contributed by atoms with Gasteiger partial charge < -0.3 is 5.32 Å². The molecule has 0 saturated heterocycles. The Hall–Kier alpha value is -0.890. The monoisotopic (exact) mass is 207 g/mol. The Morgan fingerprint density at radius 3 is 2.73 bits per heavy atom. The van der Waals surface area contributed by atoms with Crippen LogP contribution >= 0.6 is 0 Å². The summed E-state index contributed by atoms with van der Waals surface area (Å²) in [5.41, 5.74) is 2.79. The third-order valence-corrected chi connectivity index (χ3v) is 3.39. The molecule has 1 N–H and O–H groups in total. The summed E-state index contributed by atoms with van der Waals surface area (Å²) in [6.45, 7) is 3.10. The van der Waals surface area contributed by atoms with Crippen molar-refractivity contribution < 1.29 is 4.39 Å². The summed E-state index contributed by atoms with van der Waals surface area (Å²) in [5, 5.41) is 3.23. The van der Waals surface area contributed by atoms with Gasteiger partial charge in [-0.2, -0.15) is 0 Å². The molecular formula is C13H18FN. The summed E-state index contributed by atoms with van der Waals surface area (Å²) in [6.07, 6.45) is 3.55. The minimum Gasteiger partial charge on any atom is -0.319 e. The van der Waals surface area contributed by atoms with Gasteiger partial charge in [0, 0.05) is 6.54 Å². The summed E-state index contributed by atoms with van der Waals surface area (Å²) < 4.78 is 13.1. The van der Waals surface area contributed by atoms with Crippen LogP contribution in [0.15, 0.2) is 18.2 Å². The van der Waals surface area contributed by atoms with Gasteiger partial charge in [0.2, 0.25) is 0 Å². The molecular weight excluding hydrogens is 189 g/mol. The molecule has 2 heteroatoms. The number of hydrogen-bond acceptors (Lipinski definition) is 1. The Balaban J connectivity index is 2.13. The lowest BCUT2D eigenvalue weighted by Crippen LogP contribution is -2.22. The molecule has 0 bridgehead atoms. The van der Waals surface area contributed by atoms with Crippen molar-refractivity contribution in [3.8, 4) is 0 Å². The van der Waals surface area contributed by atoms with E-state index in [-0.39, 0.29) is 5.82 Å². The van der Waals surface area contributed by atoms with E-state index in [1.807, 2.05) is 13.1 Å². The van der Waals surface area contributed by atoms with Crippen LogP contribution < -0.4 is 5.32 Å². The Morgan fingerprint density at radius 1 is 1.40 bits per heavy atom. The smallest absolute Gasteiger partial charge is 0.123 e. The Labute approximate surface area is 90.7 Å². The number of rotatable bonds is 4. The topological polar surface area (TPSA) is 12.0 Å². The molecule has 15 heavy (non-hydrogen) atoms. The highest BCUT2D eigenvalue weighted by Crippen LogP contribution is 2.48. The first-order valence-electron chi connectivity index (χ1n) is 5.55. The van der Waals surface area contributed by atoms with Crippen molar-refractivity contribution in [2.75, 3.05) is 13.6 Å². The van der Waals surface area contributed by atoms with Gasteiger partial charge in [0.05, 0.1) is 0 Å². The second kappa shape index (κ2) is 3.93. The number of benzene rings is 1. The van der Waals surface area contributed by atoms with Crippen molar-refractivity contribution in [3.05, 3.63) is 35.1 Å². The normalized spacial score (nSPS) is 17.8. The highest BCUT2D eigenvalue weighted by Gasteiger charge is 2.41. The summed E-state index contributed by atoms with van der Waals surface area (Å²) in [7, 11) is 1.98. The lowest BCUT2D eigenvalue weighted by atomic mass is 9.93. The van der Waals surface area contributed by atoms with E-state index in [1.54, 1.807) is 6.07 Å². The van der Waals surface area contributed by atoms with Crippen LogP contribution in [-0.4, -0.2) is 13.6 Å². The van der Waals surface area contributed by atoms with Crippen molar-refractivity contribution in [1.82, 2.24) is 5.32 Å². The van der Waals surface area contributed by atoms with Gasteiger partial charge in [-0.05, 0) is 61.9 Å². The average molecular weight is 207 g/mol. The quantitative estimate of drug-likeness (QED) is 0.800. The van der Waals surface area contributed by atoms with E-state index in [4.69, 9.17) is 0 Å². The molecule has 0 spiro atoms. The van der Waals surface area contributed by atoms with Crippen LogP contribution in [0.5, 0.6) is 0 Å². The molecule has 0 atom stereocenters. The van der Waals surface area contributed by atoms with Crippen molar-refractivity contribution in [2.24, 2.45) is 5.41 Å². The van der Waals surface area contributed by atoms with Crippen LogP contribution in [0, 0.1) is 18.2 Å². The zero-order valence-electron chi connectivity index (χ0n) is 9.44. The SMILES string of the molecule is CNCC1(Cc2cc(F)ccc2C)CC1. The zero-order valence-corrected chi connectivity index (χ0v) is 9.44. The van der Waals surface area contributed by atoms with Gasteiger partial charge in [-0.15, -0.1) is 0 Å². The van der Waals surface area contributed by atoms with Crippen LogP contribution in [0.4, 0.5) is 4.39 Å². The maximum Gasteiger partial charge on any atom is 0.123 e. The minimum atomic E-state index is -0.115. The molecule has 1 saturated carbocycles. The molecule has 0 unspecified atom stereocenters. The van der Waals surface area contributed by atoms with Gasteiger partial charge in [0.1, 0.15) is 5.82 Å². The zero-order chi connectivity index (χ0) is 10.9. The molecule has 1 aromatic carbocycles. The summed E-state index contributed by atoms with van der Waals surface area (Å²) in [6, 6.07) is 5.10. The van der Waals surface area contributed by atoms with Crippen LogP contribution in [0.1, 0.15) is 24.0 Å². The largest absolute Gasteiger partial charge is 0.319 e. The average Bonchev–Trinajstić information content (AvgIpc) is 2.92. The van der Waals surface area contributed by atoms with Crippen LogP contribution in [-0.2, 0) is 6.42 Å². The Kier molecular flexibility index (Phi) is 2.79. The van der Waals surface area contributed by atoms with Crippen LogP contribution in [0.25, 0.3) is 0 Å². The van der Waals surface area contributed by atoms with E-state index in [9.17, 15) is 4.39 Å². The van der Waals surface area contributed by atoms with Gasteiger partial charge in [-0.25, -0.2) is 4.39 Å². The Bertz CT molecular complexity index is 356. The summed E-state index contributed by atoms with van der Waals surface area (Å²) >= 11 is 0. The van der Waals surface area contributed by atoms with E-state index in [2.05, 4.69) is 12.2 Å². The standard InChI is InChI=1S/C13H18FN/c1-10-3-4-12(14)7-11(10)8-13(5-6-13)9-15-2/h3-4,7,15H,5-6,8-9H2,1-2H3. The van der Waals surface area contributed by atoms with Gasteiger partial charge in [-0.3, -0.25) is 0 Å². The van der Waals surface area contributed by atoms with Crippen molar-refractivity contribution in [2.45, 2.75) is 26.2 Å². The summed E-state index contributed by atoms with van der Waals surface area (Å²) in [5.74, 6) is -0.115. The molecule has 0 aromatic heterocycles. The number of aryl methyl sites for hydroxylation is 1. The predicted molar refractivity (Wildman–Crippen MR) is 60.4 cm³/mol. The fraction of sp³-hybridized carbons (Fsp3) is 0.538. The fourth-order valence-corrected chi connectivity index (χ4v) is 2.20. The second-order valence-electron chi connectivity index (χ2n) is 4.78. The molecule has 0 aliphatic heterocycles. The molecule has 0 amide bonds. The highest BCUT2D eigenvalue weighted by molar-refractivity contribution is 5.28. The van der Waals surface area contributed by atoms with Crippen molar-refractivity contribution in [3.63, 3.8) is 0 Å². The molecule has 1 nitrogen and oxygen atoms in total. The third kappa shape index (κ3) is 2.37. The van der Waals surface area contributed by atoms with Crippen LogP contribution in [0.2, 0.25) is 0 Å². The molecule has 1 fully saturated rings. The first-order chi connectivity index (χ1) is 7.15. The third-order valence-electron chi connectivity index (χ3n) is 3.39. The molecule has 1 aliphatic carbocycles. The Morgan fingerprint density at radius 2 is 2.13 bits per heavy atom. The maximum atomic E-state index is 13.1. The second-order valence-corrected chi connectivity index (χ2v) is 4.78. The molecule has 0 heterocycles. The van der Waals surface area contributed by atoms with Gasteiger partial charge in [-0.1, -0.05) is 6.07 Å². The molecule has 0 radical (unpaired) electrons. The van der Waals surface area contributed by atoms with E-state index in [0.29, 0.717) is 5.41 Å². The predicted octanol–water partition coefficient (Wildman–Crippen LogP) is 2.68. The minimum absolute atomic E-state index is 0.115. The van der Waals surface area contributed by atoms with E-state index >= 15 is 0 Å².